The van der Waals surface area contributed by atoms with Gasteiger partial charge in [-0.15, -0.1) is 0 Å². The molecule has 1 heterocycles. The average Bonchev–Trinajstić information content (AvgIpc) is 2.49. The summed E-state index contributed by atoms with van der Waals surface area (Å²) in [6.07, 6.45) is 11.9. The van der Waals surface area contributed by atoms with Crippen LogP contribution >= 0.6 is 0 Å². The maximum absolute atomic E-state index is 10.4. The smallest absolute Gasteiger partial charge is 0.328 e. The van der Waals surface area contributed by atoms with E-state index in [4.69, 9.17) is 14.6 Å². The maximum Gasteiger partial charge on any atom is 0.328 e. The summed E-state index contributed by atoms with van der Waals surface area (Å²) in [6.45, 7) is 4.01. The zero-order chi connectivity index (χ0) is 16.9. The van der Waals surface area contributed by atoms with Gasteiger partial charge in [0.25, 0.3) is 0 Å². The van der Waals surface area contributed by atoms with Crippen molar-refractivity contribution in [1.29, 1.82) is 0 Å². The van der Waals surface area contributed by atoms with E-state index in [1.807, 2.05) is 44.2 Å². The quantitative estimate of drug-likeness (QED) is 0.659. The molecule has 1 N–H and O–H groups in total. The summed E-state index contributed by atoms with van der Waals surface area (Å²) < 4.78 is 11.3. The van der Waals surface area contributed by atoms with Crippen LogP contribution in [0, 0.1) is 0 Å². The molecule has 120 valence electrons. The molecule has 0 amide bonds. The first-order chi connectivity index (χ1) is 10.9. The molecule has 23 heavy (non-hydrogen) atoms. The molecule has 0 spiro atoms. The van der Waals surface area contributed by atoms with E-state index in [9.17, 15) is 4.79 Å². The Labute approximate surface area is 136 Å². The van der Waals surface area contributed by atoms with Crippen LogP contribution in [0.2, 0.25) is 0 Å². The van der Waals surface area contributed by atoms with Gasteiger partial charge in [-0.05, 0) is 43.7 Å². The molecular formula is C19H20O4. The highest BCUT2D eigenvalue weighted by atomic mass is 16.5. The monoisotopic (exact) mass is 312 g/mol. The Morgan fingerprint density at radius 3 is 2.65 bits per heavy atom. The van der Waals surface area contributed by atoms with Crippen LogP contribution in [-0.4, -0.2) is 23.8 Å². The molecule has 0 radical (unpaired) electrons. The van der Waals surface area contributed by atoms with E-state index >= 15 is 0 Å². The normalized spacial score (nSPS) is 16.4. The van der Waals surface area contributed by atoms with Crippen LogP contribution in [0.4, 0.5) is 0 Å². The lowest BCUT2D eigenvalue weighted by Gasteiger charge is -2.32. The van der Waals surface area contributed by atoms with E-state index in [0.717, 1.165) is 28.7 Å². The molecule has 1 aromatic carbocycles. The van der Waals surface area contributed by atoms with Crippen LogP contribution in [0.1, 0.15) is 19.4 Å². The first kappa shape index (κ1) is 16.6. The average molecular weight is 312 g/mol. The number of methoxy groups -OCH3 is 1. The van der Waals surface area contributed by atoms with Crippen LogP contribution in [0.5, 0.6) is 11.5 Å². The molecular weight excluding hydrogens is 292 g/mol. The van der Waals surface area contributed by atoms with E-state index in [1.54, 1.807) is 19.3 Å². The Hall–Kier alpha value is -2.75. The van der Waals surface area contributed by atoms with Crippen molar-refractivity contribution >= 4 is 12.0 Å². The molecule has 0 bridgehead atoms. The molecule has 2 rings (SSSR count). The van der Waals surface area contributed by atoms with Gasteiger partial charge in [-0.1, -0.05) is 30.4 Å². The molecule has 0 aromatic heterocycles. The molecule has 0 atom stereocenters. The first-order valence-corrected chi connectivity index (χ1v) is 7.26. The lowest BCUT2D eigenvalue weighted by molar-refractivity contribution is -0.131. The summed E-state index contributed by atoms with van der Waals surface area (Å²) in [7, 11) is 1.63. The van der Waals surface area contributed by atoms with E-state index in [1.165, 1.54) is 6.08 Å². The predicted octanol–water partition coefficient (Wildman–Crippen LogP) is 4.00. The van der Waals surface area contributed by atoms with Crippen LogP contribution in [0.3, 0.4) is 0 Å². The summed E-state index contributed by atoms with van der Waals surface area (Å²) >= 11 is 0. The third-order valence-corrected chi connectivity index (χ3v) is 3.44. The van der Waals surface area contributed by atoms with Gasteiger partial charge in [-0.3, -0.25) is 0 Å². The number of carboxylic acid groups (broad SMARTS) is 1. The molecule has 1 aromatic rings. The fourth-order valence-electron chi connectivity index (χ4n) is 2.21. The lowest BCUT2D eigenvalue weighted by Crippen LogP contribution is -2.32. The van der Waals surface area contributed by atoms with Gasteiger partial charge in [0.05, 0.1) is 7.11 Å². The number of ether oxygens (including phenoxy) is 2. The van der Waals surface area contributed by atoms with Crippen molar-refractivity contribution in [3.8, 4) is 11.5 Å². The molecule has 0 aliphatic carbocycles. The standard InChI is InChI=1S/C19H20O4/c1-19(2)15(8-6-4-5-7-9-18(20)21)12-14-13-16(22-3)10-11-17(14)23-19/h4-13H,1-3H3,(H,20,21). The summed E-state index contributed by atoms with van der Waals surface area (Å²) in [4.78, 5) is 10.4. The van der Waals surface area contributed by atoms with Crippen molar-refractivity contribution in [2.45, 2.75) is 19.4 Å². The summed E-state index contributed by atoms with van der Waals surface area (Å²) in [5, 5.41) is 8.50. The lowest BCUT2D eigenvalue weighted by atomic mass is 9.92. The zero-order valence-electron chi connectivity index (χ0n) is 13.4. The number of aliphatic carboxylic acids is 1. The van der Waals surface area contributed by atoms with Crippen LogP contribution in [0.25, 0.3) is 6.08 Å². The number of hydrogen-bond donors (Lipinski definition) is 1. The highest BCUT2D eigenvalue weighted by Crippen LogP contribution is 2.37. The number of carboxylic acids is 1. The van der Waals surface area contributed by atoms with E-state index in [-0.39, 0.29) is 0 Å². The molecule has 0 unspecified atom stereocenters. The van der Waals surface area contributed by atoms with Gasteiger partial charge in [0.2, 0.25) is 0 Å². The number of allylic oxidation sites excluding steroid dienone is 4. The van der Waals surface area contributed by atoms with Crippen molar-refractivity contribution in [2.24, 2.45) is 0 Å². The van der Waals surface area contributed by atoms with Crippen LogP contribution in [-0.2, 0) is 4.79 Å². The van der Waals surface area contributed by atoms with Gasteiger partial charge in [0, 0.05) is 11.6 Å². The molecule has 0 fully saturated rings. The second kappa shape index (κ2) is 7.01. The van der Waals surface area contributed by atoms with Crippen molar-refractivity contribution < 1.29 is 19.4 Å². The Bertz CT molecular complexity index is 706. The van der Waals surface area contributed by atoms with Gasteiger partial charge in [0.15, 0.2) is 0 Å². The third kappa shape index (κ3) is 4.36. The largest absolute Gasteiger partial charge is 0.497 e. The van der Waals surface area contributed by atoms with Crippen molar-refractivity contribution in [2.75, 3.05) is 7.11 Å². The number of hydrogen-bond acceptors (Lipinski definition) is 3. The second-order valence-corrected chi connectivity index (χ2v) is 5.56. The minimum atomic E-state index is -0.964. The summed E-state index contributed by atoms with van der Waals surface area (Å²) in [5.74, 6) is 0.645. The zero-order valence-corrected chi connectivity index (χ0v) is 13.4. The highest BCUT2D eigenvalue weighted by Gasteiger charge is 2.28. The van der Waals surface area contributed by atoms with Gasteiger partial charge < -0.3 is 14.6 Å². The predicted molar refractivity (Wildman–Crippen MR) is 90.7 cm³/mol. The highest BCUT2D eigenvalue weighted by molar-refractivity contribution is 5.80. The Morgan fingerprint density at radius 2 is 1.96 bits per heavy atom. The molecule has 0 saturated heterocycles. The number of rotatable bonds is 5. The van der Waals surface area contributed by atoms with E-state index in [0.29, 0.717) is 0 Å². The Balaban J connectivity index is 2.21. The minimum absolute atomic E-state index is 0.442. The van der Waals surface area contributed by atoms with Gasteiger partial charge in [-0.2, -0.15) is 0 Å². The summed E-state index contributed by atoms with van der Waals surface area (Å²) in [6, 6.07) is 5.72. The van der Waals surface area contributed by atoms with Crippen LogP contribution in [0.15, 0.2) is 60.2 Å². The fourth-order valence-corrected chi connectivity index (χ4v) is 2.21. The van der Waals surface area contributed by atoms with Crippen molar-refractivity contribution in [3.05, 3.63) is 65.8 Å². The van der Waals surface area contributed by atoms with Gasteiger partial charge in [0.1, 0.15) is 17.1 Å². The fraction of sp³-hybridized carbons (Fsp3) is 0.211. The minimum Gasteiger partial charge on any atom is -0.497 e. The number of benzene rings is 1. The van der Waals surface area contributed by atoms with Crippen molar-refractivity contribution in [1.82, 2.24) is 0 Å². The summed E-state index contributed by atoms with van der Waals surface area (Å²) in [5.41, 5.74) is 1.55. The molecule has 4 heteroatoms. The number of carbonyl (C=O) groups is 1. The number of fused-ring (bicyclic) bond motifs is 1. The van der Waals surface area contributed by atoms with E-state index < -0.39 is 11.6 Å². The SMILES string of the molecule is COc1ccc2c(c1)C=C(C=CC=CC=CC(=O)O)C(C)(C)O2. The first-order valence-electron chi connectivity index (χ1n) is 7.26. The van der Waals surface area contributed by atoms with Crippen molar-refractivity contribution in [3.63, 3.8) is 0 Å². The third-order valence-electron chi connectivity index (χ3n) is 3.44. The molecule has 1 aliphatic heterocycles. The second-order valence-electron chi connectivity index (χ2n) is 5.56. The topological polar surface area (TPSA) is 55.8 Å². The van der Waals surface area contributed by atoms with E-state index in [2.05, 4.69) is 6.08 Å². The van der Waals surface area contributed by atoms with Gasteiger partial charge in [-0.25, -0.2) is 4.79 Å². The Morgan fingerprint density at radius 1 is 1.22 bits per heavy atom. The molecule has 0 saturated carbocycles. The Kier molecular flexibility index (Phi) is 5.06. The van der Waals surface area contributed by atoms with Crippen LogP contribution < -0.4 is 9.47 Å². The molecule has 4 nitrogen and oxygen atoms in total. The maximum atomic E-state index is 10.4. The van der Waals surface area contributed by atoms with Gasteiger partial charge >= 0.3 is 5.97 Å². The molecule has 1 aliphatic rings.